The van der Waals surface area contributed by atoms with Crippen LogP contribution in [0.5, 0.6) is 0 Å². The standard InChI is InChI=1S/C15H21NO/c1-2-12-8-9-15(17)14(10-12)16-11-13-6-4-3-5-7-13/h2-7,12,14-17H,1,8-11H2/t12-,14-,15+/m1/s1. The molecule has 0 aromatic heterocycles. The molecule has 1 aliphatic rings. The molecule has 17 heavy (non-hydrogen) atoms. The van der Waals surface area contributed by atoms with Gasteiger partial charge < -0.3 is 10.4 Å². The first-order chi connectivity index (χ1) is 8.29. The molecule has 0 saturated heterocycles. The quantitative estimate of drug-likeness (QED) is 0.780. The van der Waals surface area contributed by atoms with Crippen LogP contribution in [0.4, 0.5) is 0 Å². The van der Waals surface area contributed by atoms with Gasteiger partial charge in [0.25, 0.3) is 0 Å². The van der Waals surface area contributed by atoms with Crippen molar-refractivity contribution in [1.82, 2.24) is 5.32 Å². The minimum absolute atomic E-state index is 0.201. The van der Waals surface area contributed by atoms with Crippen molar-refractivity contribution in [3.05, 3.63) is 48.6 Å². The maximum Gasteiger partial charge on any atom is 0.0693 e. The molecule has 0 unspecified atom stereocenters. The van der Waals surface area contributed by atoms with E-state index in [2.05, 4.69) is 24.0 Å². The average molecular weight is 231 g/mol. The van der Waals surface area contributed by atoms with Crippen molar-refractivity contribution in [1.29, 1.82) is 0 Å². The molecular formula is C15H21NO. The summed E-state index contributed by atoms with van der Waals surface area (Å²) in [5.41, 5.74) is 1.26. The number of hydrogen-bond acceptors (Lipinski definition) is 2. The Morgan fingerprint density at radius 3 is 2.76 bits per heavy atom. The van der Waals surface area contributed by atoms with Gasteiger partial charge in [-0.2, -0.15) is 0 Å². The zero-order valence-corrected chi connectivity index (χ0v) is 10.2. The van der Waals surface area contributed by atoms with Crippen LogP contribution < -0.4 is 5.32 Å². The molecule has 0 radical (unpaired) electrons. The van der Waals surface area contributed by atoms with Crippen molar-refractivity contribution >= 4 is 0 Å². The van der Waals surface area contributed by atoms with E-state index >= 15 is 0 Å². The molecule has 0 aliphatic heterocycles. The van der Waals surface area contributed by atoms with Gasteiger partial charge in [-0.1, -0.05) is 36.4 Å². The van der Waals surface area contributed by atoms with E-state index in [0.29, 0.717) is 5.92 Å². The summed E-state index contributed by atoms with van der Waals surface area (Å²) in [6.45, 7) is 4.68. The lowest BCUT2D eigenvalue weighted by Gasteiger charge is -2.32. The number of rotatable bonds is 4. The van der Waals surface area contributed by atoms with Crippen molar-refractivity contribution in [2.24, 2.45) is 5.92 Å². The number of allylic oxidation sites excluding steroid dienone is 1. The van der Waals surface area contributed by atoms with Gasteiger partial charge in [-0.05, 0) is 30.7 Å². The van der Waals surface area contributed by atoms with Gasteiger partial charge in [-0.15, -0.1) is 6.58 Å². The third kappa shape index (κ3) is 3.42. The van der Waals surface area contributed by atoms with Crippen LogP contribution in [-0.2, 0) is 6.54 Å². The molecule has 3 atom stereocenters. The first-order valence-corrected chi connectivity index (χ1v) is 6.37. The Kier molecular flexibility index (Phi) is 4.35. The van der Waals surface area contributed by atoms with E-state index in [1.165, 1.54) is 5.56 Å². The maximum absolute atomic E-state index is 9.96. The van der Waals surface area contributed by atoms with E-state index in [1.807, 2.05) is 24.3 Å². The van der Waals surface area contributed by atoms with E-state index in [4.69, 9.17) is 0 Å². The maximum atomic E-state index is 9.96. The highest BCUT2D eigenvalue weighted by atomic mass is 16.3. The summed E-state index contributed by atoms with van der Waals surface area (Å²) < 4.78 is 0. The molecule has 2 rings (SSSR count). The molecule has 92 valence electrons. The Balaban J connectivity index is 1.87. The molecule has 1 saturated carbocycles. The molecule has 0 bridgehead atoms. The lowest BCUT2D eigenvalue weighted by Crippen LogP contribution is -2.43. The monoisotopic (exact) mass is 231 g/mol. The van der Waals surface area contributed by atoms with Crippen LogP contribution in [0.1, 0.15) is 24.8 Å². The summed E-state index contributed by atoms with van der Waals surface area (Å²) in [6, 6.07) is 10.5. The minimum Gasteiger partial charge on any atom is -0.392 e. The Morgan fingerprint density at radius 2 is 2.06 bits per heavy atom. The van der Waals surface area contributed by atoms with Gasteiger partial charge in [0.1, 0.15) is 0 Å². The second kappa shape index (κ2) is 5.99. The zero-order chi connectivity index (χ0) is 12.1. The molecule has 2 heteroatoms. The van der Waals surface area contributed by atoms with Gasteiger partial charge in [-0.3, -0.25) is 0 Å². The third-order valence-corrected chi connectivity index (χ3v) is 3.60. The SMILES string of the molecule is C=C[C@@H]1CC[C@H](O)[C@H](NCc2ccccc2)C1. The summed E-state index contributed by atoms with van der Waals surface area (Å²) in [6.07, 6.45) is 4.74. The second-order valence-corrected chi connectivity index (χ2v) is 4.85. The molecule has 1 fully saturated rings. The lowest BCUT2D eigenvalue weighted by atomic mass is 9.84. The van der Waals surface area contributed by atoms with Crippen molar-refractivity contribution in [3.8, 4) is 0 Å². The molecular weight excluding hydrogens is 210 g/mol. The zero-order valence-electron chi connectivity index (χ0n) is 10.2. The number of hydrogen-bond donors (Lipinski definition) is 2. The average Bonchev–Trinajstić information content (AvgIpc) is 2.39. The van der Waals surface area contributed by atoms with Crippen LogP contribution >= 0.6 is 0 Å². The van der Waals surface area contributed by atoms with Crippen LogP contribution in [-0.4, -0.2) is 17.3 Å². The highest BCUT2D eigenvalue weighted by molar-refractivity contribution is 5.14. The predicted molar refractivity (Wildman–Crippen MR) is 70.6 cm³/mol. The fraction of sp³-hybridized carbons (Fsp3) is 0.467. The molecule has 1 aromatic carbocycles. The topological polar surface area (TPSA) is 32.3 Å². The molecule has 0 spiro atoms. The third-order valence-electron chi connectivity index (χ3n) is 3.60. The lowest BCUT2D eigenvalue weighted by molar-refractivity contribution is 0.0778. The summed E-state index contributed by atoms with van der Waals surface area (Å²) in [4.78, 5) is 0. The number of nitrogens with one attached hydrogen (secondary N) is 1. The largest absolute Gasteiger partial charge is 0.392 e. The Labute approximate surface area is 103 Å². The van der Waals surface area contributed by atoms with Gasteiger partial charge in [0.15, 0.2) is 0 Å². The van der Waals surface area contributed by atoms with Crippen molar-refractivity contribution in [3.63, 3.8) is 0 Å². The summed E-state index contributed by atoms with van der Waals surface area (Å²) in [5.74, 6) is 0.548. The predicted octanol–water partition coefficient (Wildman–Crippen LogP) is 2.49. The van der Waals surface area contributed by atoms with Crippen LogP contribution in [0.25, 0.3) is 0 Å². The second-order valence-electron chi connectivity index (χ2n) is 4.85. The van der Waals surface area contributed by atoms with Crippen LogP contribution in [0.15, 0.2) is 43.0 Å². The normalized spacial score (nSPS) is 28.9. The van der Waals surface area contributed by atoms with Gasteiger partial charge >= 0.3 is 0 Å². The number of benzene rings is 1. The smallest absolute Gasteiger partial charge is 0.0693 e. The van der Waals surface area contributed by atoms with Crippen molar-refractivity contribution in [2.75, 3.05) is 0 Å². The first kappa shape index (κ1) is 12.3. The van der Waals surface area contributed by atoms with Crippen molar-refractivity contribution in [2.45, 2.75) is 38.0 Å². The molecule has 0 heterocycles. The molecule has 0 amide bonds. The summed E-state index contributed by atoms with van der Waals surface area (Å²) in [7, 11) is 0. The van der Waals surface area contributed by atoms with Crippen molar-refractivity contribution < 1.29 is 5.11 Å². The van der Waals surface area contributed by atoms with Crippen LogP contribution in [0.3, 0.4) is 0 Å². The molecule has 2 nitrogen and oxygen atoms in total. The Bertz CT molecular complexity index is 349. The fourth-order valence-corrected chi connectivity index (χ4v) is 2.47. The van der Waals surface area contributed by atoms with E-state index in [-0.39, 0.29) is 12.1 Å². The van der Waals surface area contributed by atoms with E-state index in [1.54, 1.807) is 0 Å². The number of aliphatic hydroxyl groups is 1. The number of aliphatic hydroxyl groups excluding tert-OH is 1. The van der Waals surface area contributed by atoms with Gasteiger partial charge in [0.05, 0.1) is 6.10 Å². The molecule has 2 N–H and O–H groups in total. The van der Waals surface area contributed by atoms with Crippen LogP contribution in [0.2, 0.25) is 0 Å². The Morgan fingerprint density at radius 1 is 1.29 bits per heavy atom. The Hall–Kier alpha value is -1.12. The van der Waals surface area contributed by atoms with Crippen LogP contribution in [0, 0.1) is 5.92 Å². The van der Waals surface area contributed by atoms with Gasteiger partial charge in [0, 0.05) is 12.6 Å². The molecule has 1 aliphatic carbocycles. The fourth-order valence-electron chi connectivity index (χ4n) is 2.47. The highest BCUT2D eigenvalue weighted by Gasteiger charge is 2.27. The van der Waals surface area contributed by atoms with E-state index in [9.17, 15) is 5.11 Å². The molecule has 1 aromatic rings. The van der Waals surface area contributed by atoms with E-state index < -0.39 is 0 Å². The van der Waals surface area contributed by atoms with E-state index in [0.717, 1.165) is 25.8 Å². The first-order valence-electron chi connectivity index (χ1n) is 6.37. The van der Waals surface area contributed by atoms with Gasteiger partial charge in [-0.25, -0.2) is 0 Å². The minimum atomic E-state index is -0.213. The highest BCUT2D eigenvalue weighted by Crippen LogP contribution is 2.25. The van der Waals surface area contributed by atoms with Gasteiger partial charge in [0.2, 0.25) is 0 Å². The summed E-state index contributed by atoms with van der Waals surface area (Å²) >= 11 is 0. The summed E-state index contributed by atoms with van der Waals surface area (Å²) in [5, 5.41) is 13.4.